The van der Waals surface area contributed by atoms with E-state index in [-0.39, 0.29) is 73.1 Å². The monoisotopic (exact) mass is 586 g/mol. The summed E-state index contributed by atoms with van der Waals surface area (Å²) in [6, 6.07) is 2.70. The highest BCUT2D eigenvalue weighted by molar-refractivity contribution is 5.69. The van der Waals surface area contributed by atoms with E-state index in [4.69, 9.17) is 9.47 Å². The van der Waals surface area contributed by atoms with Crippen molar-refractivity contribution in [1.82, 2.24) is 18.3 Å². The Labute approximate surface area is 240 Å². The smallest absolute Gasteiger partial charge is 0.335 e. The van der Waals surface area contributed by atoms with Gasteiger partial charge in [-0.2, -0.15) is 0 Å². The first-order valence-electron chi connectivity index (χ1n) is 13.2. The molecule has 0 saturated heterocycles. The highest BCUT2D eigenvalue weighted by atomic mass is 16.5. The van der Waals surface area contributed by atoms with Crippen molar-refractivity contribution in [2.75, 3.05) is 27.4 Å². The summed E-state index contributed by atoms with van der Waals surface area (Å²) in [5.74, 6) is -1.02. The van der Waals surface area contributed by atoms with Gasteiger partial charge in [-0.3, -0.25) is 28.3 Å². The first-order valence-corrected chi connectivity index (χ1v) is 13.2. The number of ether oxygens (including phenoxy) is 4. The Hall–Kier alpha value is -4.88. The lowest BCUT2D eigenvalue weighted by atomic mass is 10.2. The number of nitrogens with zero attached hydrogens (tertiary/aromatic N) is 4. The minimum atomic E-state index is -0.747. The molecule has 3 aromatic rings. The van der Waals surface area contributed by atoms with Gasteiger partial charge in [-0.25, -0.2) is 18.7 Å². The molecule has 0 aliphatic rings. The van der Waals surface area contributed by atoms with Gasteiger partial charge in [0, 0.05) is 48.7 Å². The zero-order valence-electron chi connectivity index (χ0n) is 24.4. The summed E-state index contributed by atoms with van der Waals surface area (Å²) in [4.78, 5) is 77.0. The third-order valence-corrected chi connectivity index (χ3v) is 6.34. The number of methoxy groups -OCH3 is 2. The molecular formula is C28H34N4O10. The van der Waals surface area contributed by atoms with E-state index in [1.165, 1.54) is 61.7 Å². The van der Waals surface area contributed by atoms with Crippen LogP contribution in [-0.4, -0.2) is 57.6 Å². The van der Waals surface area contributed by atoms with Crippen molar-refractivity contribution in [2.24, 2.45) is 0 Å². The standard InChI is InChI=1S/C28H34N4O10/c1-7-41-21-13-20(32-26(36)18(4)16-30(28(32)38)12-10-24(34)40-6)22(42-8-2)14-19(21)31-25(35)17(3)15-29(27(31)37)11-9-23(33)39-5/h13-16H,7-12H2,1-6H3. The van der Waals surface area contributed by atoms with Gasteiger partial charge in [-0.05, 0) is 27.7 Å². The Bertz CT molecular complexity index is 1600. The minimum Gasteiger partial charge on any atom is -0.492 e. The van der Waals surface area contributed by atoms with Gasteiger partial charge >= 0.3 is 23.3 Å². The van der Waals surface area contributed by atoms with E-state index in [0.717, 1.165) is 9.13 Å². The summed E-state index contributed by atoms with van der Waals surface area (Å²) < 4.78 is 25.1. The van der Waals surface area contributed by atoms with E-state index in [2.05, 4.69) is 9.47 Å². The number of rotatable bonds is 12. The molecule has 0 aliphatic heterocycles. The van der Waals surface area contributed by atoms with Gasteiger partial charge < -0.3 is 18.9 Å². The average Bonchev–Trinajstić information content (AvgIpc) is 2.97. The van der Waals surface area contributed by atoms with Crippen LogP contribution >= 0.6 is 0 Å². The lowest BCUT2D eigenvalue weighted by Gasteiger charge is -2.20. The normalized spacial score (nSPS) is 10.8. The molecule has 0 fully saturated rings. The molecule has 14 nitrogen and oxygen atoms in total. The highest BCUT2D eigenvalue weighted by Crippen LogP contribution is 2.33. The summed E-state index contributed by atoms with van der Waals surface area (Å²) in [5.41, 5.74) is -2.30. The molecule has 0 saturated carbocycles. The third kappa shape index (κ3) is 6.53. The van der Waals surface area contributed by atoms with Crippen molar-refractivity contribution < 1.29 is 28.5 Å². The Morgan fingerprint density at radius 3 is 1.33 bits per heavy atom. The Balaban J connectivity index is 2.34. The topological polar surface area (TPSA) is 159 Å². The minimum absolute atomic E-state index is 0.0151. The van der Waals surface area contributed by atoms with E-state index in [0.29, 0.717) is 0 Å². The summed E-state index contributed by atoms with van der Waals surface area (Å²) in [7, 11) is 2.46. The van der Waals surface area contributed by atoms with Gasteiger partial charge in [-0.1, -0.05) is 0 Å². The number of hydrogen-bond acceptors (Lipinski definition) is 10. The number of hydrogen-bond donors (Lipinski definition) is 0. The maximum Gasteiger partial charge on any atom is 0.335 e. The molecule has 0 amide bonds. The largest absolute Gasteiger partial charge is 0.492 e. The number of aromatic nitrogens is 4. The maximum atomic E-state index is 13.5. The average molecular weight is 587 g/mol. The lowest BCUT2D eigenvalue weighted by Crippen LogP contribution is -2.41. The summed E-state index contributed by atoms with van der Waals surface area (Å²) in [6.07, 6.45) is 2.50. The molecule has 0 N–H and O–H groups in total. The molecule has 42 heavy (non-hydrogen) atoms. The number of benzene rings is 1. The number of carbonyl (C=O) groups is 2. The van der Waals surface area contributed by atoms with Gasteiger partial charge in [0.1, 0.15) is 11.5 Å². The molecule has 2 heterocycles. The van der Waals surface area contributed by atoms with Crippen molar-refractivity contribution in [3.8, 4) is 22.9 Å². The maximum absolute atomic E-state index is 13.5. The molecule has 0 unspecified atom stereocenters. The van der Waals surface area contributed by atoms with Gasteiger partial charge in [0.25, 0.3) is 11.1 Å². The van der Waals surface area contributed by atoms with Crippen LogP contribution in [0.3, 0.4) is 0 Å². The quantitative estimate of drug-likeness (QED) is 0.279. The van der Waals surface area contributed by atoms with Crippen LogP contribution in [0.25, 0.3) is 11.4 Å². The number of esters is 2. The van der Waals surface area contributed by atoms with E-state index < -0.39 is 34.4 Å². The molecule has 0 aliphatic carbocycles. The number of aryl methyl sites for hydroxylation is 4. The van der Waals surface area contributed by atoms with Crippen LogP contribution in [0.4, 0.5) is 0 Å². The zero-order valence-corrected chi connectivity index (χ0v) is 24.4. The fraction of sp³-hybridized carbons (Fsp3) is 0.429. The van der Waals surface area contributed by atoms with Gasteiger partial charge in [-0.15, -0.1) is 0 Å². The van der Waals surface area contributed by atoms with Crippen LogP contribution in [0.1, 0.15) is 37.8 Å². The molecule has 14 heteroatoms. The first kappa shape index (κ1) is 31.6. The Kier molecular flexibility index (Phi) is 10.3. The molecule has 226 valence electrons. The fourth-order valence-electron chi connectivity index (χ4n) is 4.27. The van der Waals surface area contributed by atoms with Crippen molar-refractivity contribution in [3.05, 3.63) is 77.3 Å². The Morgan fingerprint density at radius 2 is 1.02 bits per heavy atom. The summed E-state index contributed by atoms with van der Waals surface area (Å²) in [6.45, 7) is 6.56. The second-order valence-corrected chi connectivity index (χ2v) is 9.16. The van der Waals surface area contributed by atoms with Crippen LogP contribution in [0.15, 0.2) is 43.7 Å². The van der Waals surface area contributed by atoms with Crippen LogP contribution in [0.5, 0.6) is 11.5 Å². The second kappa shape index (κ2) is 13.7. The third-order valence-electron chi connectivity index (χ3n) is 6.34. The molecular weight excluding hydrogens is 552 g/mol. The summed E-state index contributed by atoms with van der Waals surface area (Å²) in [5, 5.41) is 0. The second-order valence-electron chi connectivity index (χ2n) is 9.16. The molecule has 0 radical (unpaired) electrons. The molecule has 2 aromatic heterocycles. The van der Waals surface area contributed by atoms with Gasteiger partial charge in [0.15, 0.2) is 0 Å². The molecule has 0 bridgehead atoms. The van der Waals surface area contributed by atoms with Crippen molar-refractivity contribution in [3.63, 3.8) is 0 Å². The molecule has 0 spiro atoms. The van der Waals surface area contributed by atoms with Gasteiger partial charge in [0.05, 0.1) is 51.6 Å². The lowest BCUT2D eigenvalue weighted by molar-refractivity contribution is -0.141. The first-order chi connectivity index (χ1) is 20.0. The van der Waals surface area contributed by atoms with Crippen molar-refractivity contribution in [1.29, 1.82) is 0 Å². The van der Waals surface area contributed by atoms with Crippen molar-refractivity contribution in [2.45, 2.75) is 53.6 Å². The van der Waals surface area contributed by atoms with E-state index in [1.54, 1.807) is 13.8 Å². The highest BCUT2D eigenvalue weighted by Gasteiger charge is 2.23. The predicted octanol–water partition coefficient (Wildman–Crippen LogP) is 0.852. The van der Waals surface area contributed by atoms with Crippen LogP contribution in [-0.2, 0) is 32.2 Å². The van der Waals surface area contributed by atoms with E-state index in [9.17, 15) is 28.8 Å². The van der Waals surface area contributed by atoms with Crippen LogP contribution in [0.2, 0.25) is 0 Å². The molecule has 1 aromatic carbocycles. The predicted molar refractivity (Wildman–Crippen MR) is 151 cm³/mol. The fourth-order valence-corrected chi connectivity index (χ4v) is 4.27. The van der Waals surface area contributed by atoms with Crippen LogP contribution in [0, 0.1) is 13.8 Å². The van der Waals surface area contributed by atoms with Crippen molar-refractivity contribution >= 4 is 11.9 Å². The van der Waals surface area contributed by atoms with E-state index >= 15 is 0 Å². The molecule has 0 atom stereocenters. The van der Waals surface area contributed by atoms with E-state index in [1.807, 2.05) is 0 Å². The van der Waals surface area contributed by atoms with Gasteiger partial charge in [0.2, 0.25) is 0 Å². The molecule has 3 rings (SSSR count). The summed E-state index contributed by atoms with van der Waals surface area (Å²) >= 11 is 0. The Morgan fingerprint density at radius 1 is 0.667 bits per heavy atom. The van der Waals surface area contributed by atoms with Crippen LogP contribution < -0.4 is 32.0 Å². The number of carbonyl (C=O) groups excluding carboxylic acids is 2. The SMILES string of the molecule is CCOc1cc(-n2c(=O)c(C)cn(CCC(=O)OC)c2=O)c(OCC)cc1-n1c(=O)c(C)cn(CCC(=O)OC)c1=O. The zero-order chi connectivity index (χ0) is 31.1.